The molecule has 35 heavy (non-hydrogen) atoms. The second-order valence-corrected chi connectivity index (χ2v) is 9.63. The van der Waals surface area contributed by atoms with Crippen molar-refractivity contribution < 1.29 is 17.9 Å². The Balaban J connectivity index is 1.42. The number of anilines is 1. The van der Waals surface area contributed by atoms with Crippen LogP contribution in [0.4, 0.5) is 5.69 Å². The summed E-state index contributed by atoms with van der Waals surface area (Å²) in [5.74, 6) is -0.648. The predicted molar refractivity (Wildman–Crippen MR) is 129 cm³/mol. The van der Waals surface area contributed by atoms with Gasteiger partial charge in [-0.3, -0.25) is 18.7 Å². The molecule has 11 nitrogen and oxygen atoms in total. The number of carbonyl (C=O) groups is 1. The molecule has 0 atom stereocenters. The summed E-state index contributed by atoms with van der Waals surface area (Å²) in [5, 5.41) is 0. The van der Waals surface area contributed by atoms with Crippen molar-refractivity contribution in [1.82, 2.24) is 18.7 Å². The van der Waals surface area contributed by atoms with E-state index in [9.17, 15) is 22.8 Å². The topological polar surface area (TPSA) is 134 Å². The van der Waals surface area contributed by atoms with Gasteiger partial charge in [0.05, 0.1) is 23.3 Å². The summed E-state index contributed by atoms with van der Waals surface area (Å²) in [5.41, 5.74) is 1.09. The van der Waals surface area contributed by atoms with Gasteiger partial charge in [-0.15, -0.1) is 0 Å². The van der Waals surface area contributed by atoms with Crippen molar-refractivity contribution in [2.24, 2.45) is 14.1 Å². The van der Waals surface area contributed by atoms with E-state index in [2.05, 4.69) is 9.71 Å². The molecule has 12 heteroatoms. The molecule has 0 aliphatic heterocycles. The van der Waals surface area contributed by atoms with E-state index in [1.165, 1.54) is 53.8 Å². The van der Waals surface area contributed by atoms with Crippen molar-refractivity contribution >= 4 is 32.8 Å². The number of sulfonamides is 1. The summed E-state index contributed by atoms with van der Waals surface area (Å²) in [7, 11) is -0.926. The van der Waals surface area contributed by atoms with Crippen molar-refractivity contribution in [1.29, 1.82) is 0 Å². The minimum atomic E-state index is -3.82. The van der Waals surface area contributed by atoms with E-state index in [1.807, 2.05) is 6.92 Å². The molecule has 4 rings (SSSR count). The van der Waals surface area contributed by atoms with Crippen molar-refractivity contribution in [3.05, 3.63) is 86.8 Å². The Hall–Kier alpha value is -4.19. The highest BCUT2D eigenvalue weighted by atomic mass is 32.2. The summed E-state index contributed by atoms with van der Waals surface area (Å²) in [6.45, 7) is 1.98. The quantitative estimate of drug-likeness (QED) is 0.382. The van der Waals surface area contributed by atoms with Crippen LogP contribution in [0.5, 0.6) is 0 Å². The van der Waals surface area contributed by atoms with Gasteiger partial charge in [0.1, 0.15) is 6.61 Å². The number of rotatable bonds is 7. The molecule has 0 radical (unpaired) electrons. The monoisotopic (exact) mass is 497 g/mol. The normalized spacial score (nSPS) is 11.5. The second kappa shape index (κ2) is 9.22. The minimum Gasteiger partial charge on any atom is -0.460 e. The number of hydrogen-bond acceptors (Lipinski definition) is 7. The number of esters is 1. The molecule has 2 aromatic heterocycles. The van der Waals surface area contributed by atoms with Gasteiger partial charge in [-0.2, -0.15) is 0 Å². The Labute approximate surface area is 200 Å². The number of nitrogens with zero attached hydrogens (tertiary/aromatic N) is 4. The standard InChI is InChI=1S/C23H23N5O6S/c1-15-4-8-17(9-5-15)25-35(32,33)18-10-6-16(7-11-18)22(30)34-13-12-28-14-24-20-19(28)21(29)27(3)23(31)26(20)2/h4-11,14,25H,12-13H2,1-3H3. The first-order valence-corrected chi connectivity index (χ1v) is 12.0. The Morgan fingerprint density at radius 3 is 2.31 bits per heavy atom. The first-order chi connectivity index (χ1) is 16.6. The lowest BCUT2D eigenvalue weighted by atomic mass is 10.2. The van der Waals surface area contributed by atoms with Gasteiger partial charge in [0, 0.05) is 19.8 Å². The van der Waals surface area contributed by atoms with Crippen molar-refractivity contribution in [3.63, 3.8) is 0 Å². The number of aryl methyl sites for hydroxylation is 2. The van der Waals surface area contributed by atoms with E-state index in [0.29, 0.717) is 5.69 Å². The molecule has 0 saturated heterocycles. The van der Waals surface area contributed by atoms with E-state index >= 15 is 0 Å². The fourth-order valence-electron chi connectivity index (χ4n) is 3.49. The van der Waals surface area contributed by atoms with Crippen LogP contribution in [0.1, 0.15) is 15.9 Å². The molecular weight excluding hydrogens is 474 g/mol. The number of imidazole rings is 1. The molecule has 182 valence electrons. The maximum absolute atomic E-state index is 12.6. The number of nitrogens with one attached hydrogen (secondary N) is 1. The van der Waals surface area contributed by atoms with Crippen LogP contribution in [0.25, 0.3) is 11.2 Å². The van der Waals surface area contributed by atoms with Crippen molar-refractivity contribution in [3.8, 4) is 0 Å². The summed E-state index contributed by atoms with van der Waals surface area (Å²) in [6.07, 6.45) is 1.40. The molecule has 0 saturated carbocycles. The maximum Gasteiger partial charge on any atom is 0.338 e. The van der Waals surface area contributed by atoms with Gasteiger partial charge < -0.3 is 9.30 Å². The third-order valence-corrected chi connectivity index (χ3v) is 6.88. The Morgan fingerprint density at radius 2 is 1.66 bits per heavy atom. The molecule has 0 amide bonds. The van der Waals surface area contributed by atoms with Gasteiger partial charge in [-0.25, -0.2) is 23.0 Å². The summed E-state index contributed by atoms with van der Waals surface area (Å²) in [6, 6.07) is 12.3. The van der Waals surface area contributed by atoms with Crippen LogP contribution in [-0.2, 0) is 35.4 Å². The highest BCUT2D eigenvalue weighted by Gasteiger charge is 2.17. The Bertz CT molecular complexity index is 1630. The number of aromatic nitrogens is 4. The number of benzene rings is 2. The van der Waals surface area contributed by atoms with E-state index in [-0.39, 0.29) is 34.8 Å². The number of hydrogen-bond donors (Lipinski definition) is 1. The van der Waals surface area contributed by atoms with Gasteiger partial charge in [0.2, 0.25) is 0 Å². The number of carbonyl (C=O) groups excluding carboxylic acids is 1. The highest BCUT2D eigenvalue weighted by Crippen LogP contribution is 2.17. The fraction of sp³-hybridized carbons (Fsp3) is 0.217. The van der Waals surface area contributed by atoms with Crippen LogP contribution in [0, 0.1) is 6.92 Å². The lowest BCUT2D eigenvalue weighted by Crippen LogP contribution is -2.37. The highest BCUT2D eigenvalue weighted by molar-refractivity contribution is 7.92. The zero-order chi connectivity index (χ0) is 25.3. The lowest BCUT2D eigenvalue weighted by Gasteiger charge is -2.10. The van der Waals surface area contributed by atoms with Gasteiger partial charge in [-0.1, -0.05) is 17.7 Å². The van der Waals surface area contributed by atoms with Gasteiger partial charge in [-0.05, 0) is 43.3 Å². The van der Waals surface area contributed by atoms with Crippen LogP contribution >= 0.6 is 0 Å². The van der Waals surface area contributed by atoms with E-state index in [1.54, 1.807) is 24.3 Å². The zero-order valence-electron chi connectivity index (χ0n) is 19.3. The van der Waals surface area contributed by atoms with Crippen LogP contribution in [0.15, 0.2) is 69.3 Å². The largest absolute Gasteiger partial charge is 0.460 e. The fourth-order valence-corrected chi connectivity index (χ4v) is 4.55. The smallest absolute Gasteiger partial charge is 0.338 e. The molecule has 1 N–H and O–H groups in total. The number of fused-ring (bicyclic) bond motifs is 1. The zero-order valence-corrected chi connectivity index (χ0v) is 20.1. The molecule has 2 heterocycles. The molecule has 4 aromatic rings. The Kier molecular flexibility index (Phi) is 6.31. The van der Waals surface area contributed by atoms with E-state index in [0.717, 1.165) is 10.1 Å². The van der Waals surface area contributed by atoms with Gasteiger partial charge in [0.15, 0.2) is 11.2 Å². The third-order valence-electron chi connectivity index (χ3n) is 5.49. The van der Waals surface area contributed by atoms with Crippen molar-refractivity contribution in [2.75, 3.05) is 11.3 Å². The molecule has 2 aromatic carbocycles. The average molecular weight is 498 g/mol. The average Bonchev–Trinajstić information content (AvgIpc) is 3.27. The second-order valence-electron chi connectivity index (χ2n) is 7.95. The minimum absolute atomic E-state index is 0.000896. The number of ether oxygens (including phenoxy) is 1. The van der Waals surface area contributed by atoms with Crippen molar-refractivity contribution in [2.45, 2.75) is 18.4 Å². The maximum atomic E-state index is 12.6. The Morgan fingerprint density at radius 1 is 1.00 bits per heavy atom. The summed E-state index contributed by atoms with van der Waals surface area (Å²) < 4.78 is 36.7. The van der Waals surface area contributed by atoms with Crippen LogP contribution in [0.3, 0.4) is 0 Å². The first kappa shape index (κ1) is 24.0. The first-order valence-electron chi connectivity index (χ1n) is 10.6. The molecule has 0 unspecified atom stereocenters. The van der Waals surface area contributed by atoms with Crippen LogP contribution < -0.4 is 16.0 Å². The van der Waals surface area contributed by atoms with E-state index < -0.39 is 27.2 Å². The molecule has 0 aliphatic carbocycles. The SMILES string of the molecule is Cc1ccc(NS(=O)(=O)c2ccc(C(=O)OCCn3cnc4c3c(=O)n(C)c(=O)n4C)cc2)cc1. The molecule has 0 aliphatic rings. The van der Waals surface area contributed by atoms with Gasteiger partial charge >= 0.3 is 11.7 Å². The summed E-state index contributed by atoms with van der Waals surface area (Å²) in [4.78, 5) is 41.0. The lowest BCUT2D eigenvalue weighted by molar-refractivity contribution is 0.0492. The van der Waals surface area contributed by atoms with Crippen LogP contribution in [0.2, 0.25) is 0 Å². The third kappa shape index (κ3) is 4.73. The van der Waals surface area contributed by atoms with E-state index in [4.69, 9.17) is 4.74 Å². The van der Waals surface area contributed by atoms with Gasteiger partial charge in [0.25, 0.3) is 15.6 Å². The van der Waals surface area contributed by atoms with Crippen LogP contribution in [-0.4, -0.2) is 39.7 Å². The molecular formula is C23H23N5O6S. The molecule has 0 spiro atoms. The predicted octanol–water partition coefficient (Wildman–Crippen LogP) is 1.40. The molecule has 0 fully saturated rings. The molecule has 0 bridgehead atoms. The summed E-state index contributed by atoms with van der Waals surface area (Å²) >= 11 is 0.